The van der Waals surface area contributed by atoms with Crippen LogP contribution in [-0.4, -0.2) is 5.91 Å². The molecule has 0 unspecified atom stereocenters. The first kappa shape index (κ1) is 12.8. The van der Waals surface area contributed by atoms with Crippen LogP contribution in [0.3, 0.4) is 0 Å². The quantitative estimate of drug-likeness (QED) is 0.859. The Labute approximate surface area is 112 Å². The van der Waals surface area contributed by atoms with Gasteiger partial charge in [0, 0.05) is 10.6 Å². The topological polar surface area (TPSA) is 29.1 Å². The summed E-state index contributed by atoms with van der Waals surface area (Å²) in [5.41, 5.74) is 4.36. The van der Waals surface area contributed by atoms with Gasteiger partial charge in [-0.1, -0.05) is 17.7 Å². The van der Waals surface area contributed by atoms with Gasteiger partial charge in [0.2, 0.25) is 0 Å². The third kappa shape index (κ3) is 2.62. The number of thiophene rings is 1. The molecule has 0 bridgehead atoms. The smallest absolute Gasteiger partial charge is 0.265 e. The third-order valence-electron chi connectivity index (χ3n) is 2.88. The molecule has 0 aliphatic carbocycles. The van der Waals surface area contributed by atoms with Gasteiger partial charge < -0.3 is 5.32 Å². The van der Waals surface area contributed by atoms with Gasteiger partial charge in [-0.3, -0.25) is 4.79 Å². The monoisotopic (exact) mass is 259 g/mol. The Morgan fingerprint density at radius 3 is 2.17 bits per heavy atom. The molecular formula is C15H17NOS. The zero-order valence-electron chi connectivity index (χ0n) is 11.1. The van der Waals surface area contributed by atoms with Gasteiger partial charge in [0.05, 0.1) is 4.88 Å². The molecule has 1 aromatic heterocycles. The van der Waals surface area contributed by atoms with E-state index in [1.165, 1.54) is 16.9 Å². The summed E-state index contributed by atoms with van der Waals surface area (Å²) in [5, 5.41) is 3.01. The maximum Gasteiger partial charge on any atom is 0.265 e. The van der Waals surface area contributed by atoms with Crippen LogP contribution in [0.15, 0.2) is 24.3 Å². The lowest BCUT2D eigenvalue weighted by atomic mass is 10.1. The minimum Gasteiger partial charge on any atom is -0.321 e. The maximum absolute atomic E-state index is 12.1. The molecule has 94 valence electrons. The predicted molar refractivity (Wildman–Crippen MR) is 77.7 cm³/mol. The zero-order valence-corrected chi connectivity index (χ0v) is 11.9. The Bertz CT molecular complexity index is 575. The molecule has 0 spiro atoms. The average Bonchev–Trinajstić information content (AvgIpc) is 2.70. The molecule has 0 aliphatic rings. The van der Waals surface area contributed by atoms with Crippen molar-refractivity contribution in [3.63, 3.8) is 0 Å². The molecule has 1 amide bonds. The van der Waals surface area contributed by atoms with Crippen LogP contribution >= 0.6 is 11.3 Å². The molecule has 0 aliphatic heterocycles. The van der Waals surface area contributed by atoms with E-state index in [1.807, 2.05) is 32.9 Å². The molecule has 0 fully saturated rings. The summed E-state index contributed by atoms with van der Waals surface area (Å²) < 4.78 is 0. The summed E-state index contributed by atoms with van der Waals surface area (Å²) in [6.07, 6.45) is 0. The van der Waals surface area contributed by atoms with Crippen molar-refractivity contribution in [1.29, 1.82) is 0 Å². The fourth-order valence-corrected chi connectivity index (χ4v) is 2.87. The molecule has 0 saturated carbocycles. The molecule has 2 nitrogen and oxygen atoms in total. The molecule has 18 heavy (non-hydrogen) atoms. The molecule has 1 heterocycles. The summed E-state index contributed by atoms with van der Waals surface area (Å²) in [4.78, 5) is 14.0. The fraction of sp³-hybridized carbons (Fsp3) is 0.267. The molecule has 1 aromatic carbocycles. The second kappa shape index (κ2) is 4.94. The lowest BCUT2D eigenvalue weighted by Crippen LogP contribution is -2.12. The van der Waals surface area contributed by atoms with Gasteiger partial charge in [0.25, 0.3) is 5.91 Å². The minimum absolute atomic E-state index is 0.0249. The van der Waals surface area contributed by atoms with Crippen LogP contribution in [-0.2, 0) is 0 Å². The Kier molecular flexibility index (Phi) is 3.53. The third-order valence-corrected chi connectivity index (χ3v) is 3.88. The maximum atomic E-state index is 12.1. The number of hydrogen-bond acceptors (Lipinski definition) is 2. The van der Waals surface area contributed by atoms with Crippen molar-refractivity contribution in [2.24, 2.45) is 0 Å². The zero-order chi connectivity index (χ0) is 13.3. The first-order valence-electron chi connectivity index (χ1n) is 5.93. The molecule has 0 radical (unpaired) electrons. The summed E-state index contributed by atoms with van der Waals surface area (Å²) in [5.74, 6) is -0.0249. The number of aryl methyl sites for hydroxylation is 4. The minimum atomic E-state index is -0.0249. The van der Waals surface area contributed by atoms with E-state index in [4.69, 9.17) is 0 Å². The highest BCUT2D eigenvalue weighted by atomic mass is 32.1. The molecule has 2 aromatic rings. The van der Waals surface area contributed by atoms with Crippen molar-refractivity contribution >= 4 is 22.9 Å². The Hall–Kier alpha value is -1.61. The first-order valence-corrected chi connectivity index (χ1v) is 6.74. The number of benzene rings is 1. The highest BCUT2D eigenvalue weighted by Crippen LogP contribution is 2.24. The van der Waals surface area contributed by atoms with E-state index in [1.54, 1.807) is 0 Å². The summed E-state index contributed by atoms with van der Waals surface area (Å²) >= 11 is 1.52. The SMILES string of the molecule is Cc1cc(C)c(NC(=O)c2ccc(C)s2)c(C)c1. The van der Waals surface area contributed by atoms with E-state index in [2.05, 4.69) is 24.4 Å². The van der Waals surface area contributed by atoms with E-state index in [-0.39, 0.29) is 5.91 Å². The van der Waals surface area contributed by atoms with Crippen molar-refractivity contribution < 1.29 is 4.79 Å². The van der Waals surface area contributed by atoms with Gasteiger partial charge in [0.1, 0.15) is 0 Å². The highest BCUT2D eigenvalue weighted by molar-refractivity contribution is 7.14. The number of amides is 1. The fourth-order valence-electron chi connectivity index (χ4n) is 2.11. The summed E-state index contributed by atoms with van der Waals surface area (Å²) in [6.45, 7) is 8.11. The molecule has 2 rings (SSSR count). The van der Waals surface area contributed by atoms with Crippen LogP contribution in [0.5, 0.6) is 0 Å². The van der Waals surface area contributed by atoms with Gasteiger partial charge in [-0.05, 0) is 51.0 Å². The van der Waals surface area contributed by atoms with Crippen LogP contribution in [0.2, 0.25) is 0 Å². The largest absolute Gasteiger partial charge is 0.321 e. The molecular weight excluding hydrogens is 242 g/mol. The second-order valence-electron chi connectivity index (χ2n) is 4.64. The summed E-state index contributed by atoms with van der Waals surface area (Å²) in [6, 6.07) is 8.01. The Balaban J connectivity index is 2.27. The van der Waals surface area contributed by atoms with Crippen LogP contribution < -0.4 is 5.32 Å². The summed E-state index contributed by atoms with van der Waals surface area (Å²) in [7, 11) is 0. The van der Waals surface area contributed by atoms with E-state index in [0.29, 0.717) is 0 Å². The number of nitrogens with one attached hydrogen (secondary N) is 1. The van der Waals surface area contributed by atoms with Crippen molar-refractivity contribution in [2.45, 2.75) is 27.7 Å². The Morgan fingerprint density at radius 1 is 1.06 bits per heavy atom. The van der Waals surface area contributed by atoms with E-state index < -0.39 is 0 Å². The van der Waals surface area contributed by atoms with Gasteiger partial charge >= 0.3 is 0 Å². The van der Waals surface area contributed by atoms with Crippen LogP contribution in [0.1, 0.15) is 31.2 Å². The first-order chi connectivity index (χ1) is 8.47. The van der Waals surface area contributed by atoms with Crippen molar-refractivity contribution in [3.8, 4) is 0 Å². The number of anilines is 1. The predicted octanol–water partition coefficient (Wildman–Crippen LogP) is 4.23. The normalized spacial score (nSPS) is 10.4. The van der Waals surface area contributed by atoms with Crippen molar-refractivity contribution in [1.82, 2.24) is 0 Å². The number of hydrogen-bond donors (Lipinski definition) is 1. The number of carbonyl (C=O) groups is 1. The molecule has 1 N–H and O–H groups in total. The van der Waals surface area contributed by atoms with Gasteiger partial charge in [-0.15, -0.1) is 11.3 Å². The standard InChI is InChI=1S/C15H17NOS/c1-9-7-10(2)14(11(3)8-9)16-15(17)13-6-5-12(4)18-13/h5-8H,1-4H3,(H,16,17). The van der Waals surface area contributed by atoms with Gasteiger partial charge in [-0.2, -0.15) is 0 Å². The molecule has 0 atom stereocenters. The van der Waals surface area contributed by atoms with Gasteiger partial charge in [0.15, 0.2) is 0 Å². The second-order valence-corrected chi connectivity index (χ2v) is 5.93. The average molecular weight is 259 g/mol. The van der Waals surface area contributed by atoms with Gasteiger partial charge in [-0.25, -0.2) is 0 Å². The lowest BCUT2D eigenvalue weighted by molar-refractivity contribution is 0.103. The van der Waals surface area contributed by atoms with E-state index in [9.17, 15) is 4.79 Å². The highest BCUT2D eigenvalue weighted by Gasteiger charge is 2.11. The van der Waals surface area contributed by atoms with Crippen molar-refractivity contribution in [2.75, 3.05) is 5.32 Å². The van der Waals surface area contributed by atoms with Crippen LogP contribution in [0, 0.1) is 27.7 Å². The van der Waals surface area contributed by atoms with Crippen LogP contribution in [0.25, 0.3) is 0 Å². The van der Waals surface area contributed by atoms with Crippen LogP contribution in [0.4, 0.5) is 5.69 Å². The van der Waals surface area contributed by atoms with Crippen molar-refractivity contribution in [3.05, 3.63) is 50.7 Å². The van der Waals surface area contributed by atoms with E-state index >= 15 is 0 Å². The molecule has 3 heteroatoms. The lowest BCUT2D eigenvalue weighted by Gasteiger charge is -2.12. The molecule has 0 saturated heterocycles. The van der Waals surface area contributed by atoms with E-state index in [0.717, 1.165) is 26.6 Å². The number of carbonyl (C=O) groups excluding carboxylic acids is 1. The Morgan fingerprint density at radius 2 is 1.67 bits per heavy atom. The number of rotatable bonds is 2.